The van der Waals surface area contributed by atoms with Gasteiger partial charge in [-0.3, -0.25) is 14.2 Å². The zero-order valence-electron chi connectivity index (χ0n) is 18.8. The number of carbonyl (C=O) groups is 2. The zero-order chi connectivity index (χ0) is 23.9. The number of carbonyl (C=O) groups excluding carboxylic acids is 2. The van der Waals surface area contributed by atoms with Gasteiger partial charge in [0.15, 0.2) is 0 Å². The van der Waals surface area contributed by atoms with E-state index in [4.69, 9.17) is 9.47 Å². The summed E-state index contributed by atoms with van der Waals surface area (Å²) in [7, 11) is 0. The molecule has 0 fully saturated rings. The lowest BCUT2D eigenvalue weighted by molar-refractivity contribution is -0.116. The topological polar surface area (TPSA) is 86.6 Å². The van der Waals surface area contributed by atoms with Gasteiger partial charge in [0.05, 0.1) is 23.8 Å². The highest BCUT2D eigenvalue weighted by Crippen LogP contribution is 2.56. The molecule has 9 heteroatoms. The first-order valence-corrected chi connectivity index (χ1v) is 12.8. The summed E-state index contributed by atoms with van der Waals surface area (Å²) in [4.78, 5) is 38.4. The Bertz CT molecular complexity index is 1310. The maximum Gasteiger partial charge on any atom is 0.338 e. The molecule has 176 valence electrons. The van der Waals surface area contributed by atoms with Gasteiger partial charge in [-0.15, -0.1) is 11.8 Å². The Balaban J connectivity index is 1.38. The largest absolute Gasteiger partial charge is 0.493 e. The number of nitrogens with zero attached hydrogens (tertiary/aromatic N) is 1. The molecule has 34 heavy (non-hydrogen) atoms. The number of anilines is 1. The number of rotatable bonds is 5. The standard InChI is InChI=1S/C25H24N2O5S2/c1-3-31-23(29)15-8-10-16(11-9-15)26-19(28)12-27-22-21(34-24(27)30)20-17-6-4-5-7-18(17)32-13-25(20,2)14-33-22/h4-11,20H,3,12-14H2,1-2H3,(H,26,28)/t20-,25+/m1/s1. The number of fused-ring (bicyclic) bond motifs is 5. The third-order valence-electron chi connectivity index (χ3n) is 6.14. The summed E-state index contributed by atoms with van der Waals surface area (Å²) < 4.78 is 12.6. The van der Waals surface area contributed by atoms with E-state index < -0.39 is 5.97 Å². The highest BCUT2D eigenvalue weighted by Gasteiger charge is 2.47. The Labute approximate surface area is 205 Å². The smallest absolute Gasteiger partial charge is 0.338 e. The van der Waals surface area contributed by atoms with Gasteiger partial charge < -0.3 is 14.8 Å². The number of esters is 1. The van der Waals surface area contributed by atoms with E-state index in [2.05, 4.69) is 18.3 Å². The summed E-state index contributed by atoms with van der Waals surface area (Å²) in [5.41, 5.74) is 1.94. The third-order valence-corrected chi connectivity index (χ3v) is 8.83. The van der Waals surface area contributed by atoms with Crippen LogP contribution in [0.2, 0.25) is 0 Å². The maximum absolute atomic E-state index is 13.0. The van der Waals surface area contributed by atoms with Crippen molar-refractivity contribution in [1.82, 2.24) is 4.57 Å². The molecule has 0 saturated heterocycles. The Morgan fingerprint density at radius 2 is 1.97 bits per heavy atom. The number of hydrogen-bond acceptors (Lipinski definition) is 7. The SMILES string of the molecule is CCOC(=O)c1ccc(NC(=O)Cn2c3c(sc2=O)[C@H]2c4ccccc4OC[C@@]2(C)CS3)cc1. The second kappa shape index (κ2) is 8.96. The van der Waals surface area contributed by atoms with Crippen LogP contribution in [0.4, 0.5) is 5.69 Å². The molecule has 0 saturated carbocycles. The monoisotopic (exact) mass is 496 g/mol. The van der Waals surface area contributed by atoms with Crippen LogP contribution in [-0.2, 0) is 16.1 Å². The van der Waals surface area contributed by atoms with Crippen LogP contribution >= 0.6 is 23.1 Å². The highest BCUT2D eigenvalue weighted by molar-refractivity contribution is 7.99. The summed E-state index contributed by atoms with van der Waals surface area (Å²) >= 11 is 2.84. The summed E-state index contributed by atoms with van der Waals surface area (Å²) in [6, 6.07) is 14.5. The number of ether oxygens (including phenoxy) is 2. The van der Waals surface area contributed by atoms with Gasteiger partial charge in [0.2, 0.25) is 5.91 Å². The zero-order valence-corrected chi connectivity index (χ0v) is 20.5. The Morgan fingerprint density at radius 3 is 2.74 bits per heavy atom. The lowest BCUT2D eigenvalue weighted by Crippen LogP contribution is -2.41. The first-order chi connectivity index (χ1) is 16.4. The Hall–Kier alpha value is -3.04. The molecule has 2 aliphatic heterocycles. The summed E-state index contributed by atoms with van der Waals surface area (Å²) in [5, 5.41) is 3.68. The van der Waals surface area contributed by atoms with Gasteiger partial charge >= 0.3 is 10.8 Å². The molecule has 0 radical (unpaired) electrons. The molecule has 0 aliphatic carbocycles. The molecule has 3 aromatic rings. The van der Waals surface area contributed by atoms with Crippen molar-refractivity contribution in [2.45, 2.75) is 31.3 Å². The highest BCUT2D eigenvalue weighted by atomic mass is 32.2. The summed E-state index contributed by atoms with van der Waals surface area (Å²) in [5.74, 6) is 1.01. The lowest BCUT2D eigenvalue weighted by Gasteiger charge is -2.44. The maximum atomic E-state index is 13.0. The summed E-state index contributed by atoms with van der Waals surface area (Å²) in [6.45, 7) is 4.77. The van der Waals surface area contributed by atoms with E-state index in [0.717, 1.165) is 27.0 Å². The van der Waals surface area contributed by atoms with Crippen LogP contribution in [0.1, 0.15) is 40.6 Å². The van der Waals surface area contributed by atoms with Crippen LogP contribution < -0.4 is 14.9 Å². The molecule has 7 nitrogen and oxygen atoms in total. The molecule has 0 bridgehead atoms. The average molecular weight is 497 g/mol. The molecule has 2 atom stereocenters. The average Bonchev–Trinajstić information content (AvgIpc) is 3.13. The molecule has 1 aromatic heterocycles. The van der Waals surface area contributed by atoms with Crippen molar-refractivity contribution >= 4 is 40.7 Å². The molecule has 3 heterocycles. The fourth-order valence-electron chi connectivity index (χ4n) is 4.49. The number of aromatic nitrogens is 1. The van der Waals surface area contributed by atoms with E-state index in [1.165, 1.54) is 11.3 Å². The van der Waals surface area contributed by atoms with Crippen LogP contribution in [0.15, 0.2) is 58.4 Å². The minimum absolute atomic E-state index is 0.0612. The van der Waals surface area contributed by atoms with E-state index in [9.17, 15) is 14.4 Å². The van der Waals surface area contributed by atoms with E-state index >= 15 is 0 Å². The Morgan fingerprint density at radius 1 is 1.21 bits per heavy atom. The predicted octanol–water partition coefficient (Wildman–Crippen LogP) is 4.36. The van der Waals surface area contributed by atoms with Gasteiger partial charge in [-0.05, 0) is 37.3 Å². The van der Waals surface area contributed by atoms with E-state index in [1.54, 1.807) is 47.5 Å². The van der Waals surface area contributed by atoms with Crippen LogP contribution in [0.25, 0.3) is 0 Å². The van der Waals surface area contributed by atoms with Crippen molar-refractivity contribution in [2.24, 2.45) is 5.41 Å². The van der Waals surface area contributed by atoms with Gasteiger partial charge in [-0.1, -0.05) is 36.5 Å². The second-order valence-corrected chi connectivity index (χ2v) is 10.6. The van der Waals surface area contributed by atoms with Crippen molar-refractivity contribution in [3.05, 3.63) is 74.2 Å². The van der Waals surface area contributed by atoms with Crippen LogP contribution in [0, 0.1) is 5.41 Å². The quantitative estimate of drug-likeness (QED) is 0.528. The van der Waals surface area contributed by atoms with Crippen LogP contribution in [0.5, 0.6) is 5.75 Å². The molecular weight excluding hydrogens is 472 g/mol. The van der Waals surface area contributed by atoms with Crippen molar-refractivity contribution in [3.63, 3.8) is 0 Å². The normalized spacial score (nSPS) is 20.4. The van der Waals surface area contributed by atoms with Crippen molar-refractivity contribution in [2.75, 3.05) is 24.3 Å². The molecule has 2 aromatic carbocycles. The minimum atomic E-state index is -0.407. The van der Waals surface area contributed by atoms with E-state index in [-0.39, 0.29) is 28.7 Å². The van der Waals surface area contributed by atoms with Gasteiger partial charge in [-0.25, -0.2) is 4.79 Å². The Kier molecular flexibility index (Phi) is 5.99. The third kappa shape index (κ3) is 4.03. The number of benzene rings is 2. The first kappa shape index (κ1) is 22.7. The van der Waals surface area contributed by atoms with Crippen LogP contribution in [0.3, 0.4) is 0 Å². The number of thiazole rings is 1. The number of amides is 1. The number of nitrogens with one attached hydrogen (secondary N) is 1. The fourth-order valence-corrected chi connectivity index (χ4v) is 7.31. The molecule has 0 spiro atoms. The van der Waals surface area contributed by atoms with E-state index in [1.807, 2.05) is 18.2 Å². The fraction of sp³-hybridized carbons (Fsp3) is 0.320. The predicted molar refractivity (Wildman–Crippen MR) is 132 cm³/mol. The van der Waals surface area contributed by atoms with Crippen molar-refractivity contribution in [1.29, 1.82) is 0 Å². The summed E-state index contributed by atoms with van der Waals surface area (Å²) in [6.07, 6.45) is 0. The number of para-hydroxylation sites is 1. The second-order valence-electron chi connectivity index (χ2n) is 8.67. The molecule has 5 rings (SSSR count). The van der Waals surface area contributed by atoms with Crippen molar-refractivity contribution in [3.8, 4) is 5.75 Å². The molecule has 1 amide bonds. The number of thioether (sulfide) groups is 1. The number of hydrogen-bond donors (Lipinski definition) is 1. The van der Waals surface area contributed by atoms with Crippen LogP contribution in [-0.4, -0.2) is 35.4 Å². The molecular formula is C25H24N2O5S2. The molecule has 1 N–H and O–H groups in total. The lowest BCUT2D eigenvalue weighted by atomic mass is 9.72. The van der Waals surface area contributed by atoms with Gasteiger partial charge in [0.25, 0.3) is 0 Å². The van der Waals surface area contributed by atoms with E-state index in [0.29, 0.717) is 24.5 Å². The van der Waals surface area contributed by atoms with Gasteiger partial charge in [0, 0.05) is 33.2 Å². The first-order valence-electron chi connectivity index (χ1n) is 11.0. The van der Waals surface area contributed by atoms with Crippen molar-refractivity contribution < 1.29 is 19.1 Å². The molecule has 0 unspecified atom stereocenters. The minimum Gasteiger partial charge on any atom is -0.493 e. The van der Waals surface area contributed by atoms with Gasteiger partial charge in [0.1, 0.15) is 12.3 Å². The molecule has 2 aliphatic rings. The van der Waals surface area contributed by atoms with Gasteiger partial charge in [-0.2, -0.15) is 0 Å².